The lowest BCUT2D eigenvalue weighted by Crippen LogP contribution is -2.44. The zero-order valence-corrected chi connectivity index (χ0v) is 14.0. The van der Waals surface area contributed by atoms with Crippen LogP contribution in [0, 0.1) is 0 Å². The van der Waals surface area contributed by atoms with Crippen molar-refractivity contribution in [2.75, 3.05) is 69.1 Å². The van der Waals surface area contributed by atoms with Gasteiger partial charge in [0.15, 0.2) is 17.0 Å². The largest absolute Gasteiger partial charge is 0.352 e. The fraction of sp³-hybridized carbons (Fsp3) is 0.643. The van der Waals surface area contributed by atoms with Gasteiger partial charge in [0.1, 0.15) is 0 Å². The van der Waals surface area contributed by atoms with Crippen molar-refractivity contribution >= 4 is 28.9 Å². The van der Waals surface area contributed by atoms with Crippen molar-refractivity contribution in [1.29, 1.82) is 0 Å². The summed E-state index contributed by atoms with van der Waals surface area (Å²) in [6, 6.07) is 0. The van der Waals surface area contributed by atoms with E-state index in [0.29, 0.717) is 5.95 Å². The summed E-state index contributed by atoms with van der Waals surface area (Å²) < 4.78 is 2.02. The predicted molar refractivity (Wildman–Crippen MR) is 90.0 cm³/mol. The maximum Gasteiger partial charge on any atom is 0.228 e. The molecule has 3 heterocycles. The Bertz CT molecular complexity index is 669. The third-order valence-corrected chi connectivity index (χ3v) is 3.88. The summed E-state index contributed by atoms with van der Waals surface area (Å²) in [6.45, 7) is 3.81. The lowest BCUT2D eigenvalue weighted by Gasteiger charge is -2.29. The fourth-order valence-corrected chi connectivity index (χ4v) is 2.72. The predicted octanol–water partition coefficient (Wildman–Crippen LogP) is -0.0951. The molecule has 0 radical (unpaired) electrons. The molecular formula is C14H24N8. The molecule has 22 heavy (non-hydrogen) atoms. The van der Waals surface area contributed by atoms with Crippen LogP contribution in [0.25, 0.3) is 11.2 Å². The van der Waals surface area contributed by atoms with Gasteiger partial charge in [-0.3, -0.25) is 4.57 Å². The summed E-state index contributed by atoms with van der Waals surface area (Å²) in [5, 5.41) is 3.38. The highest BCUT2D eigenvalue weighted by molar-refractivity contribution is 5.87. The summed E-state index contributed by atoms with van der Waals surface area (Å²) in [6.07, 6.45) is 0. The Morgan fingerprint density at radius 3 is 2.23 bits per heavy atom. The van der Waals surface area contributed by atoms with Gasteiger partial charge in [0.2, 0.25) is 11.9 Å². The highest BCUT2D eigenvalue weighted by Gasteiger charge is 2.22. The number of rotatable bonds is 3. The second-order valence-electron chi connectivity index (χ2n) is 6.02. The van der Waals surface area contributed by atoms with E-state index in [9.17, 15) is 0 Å². The van der Waals surface area contributed by atoms with E-state index in [1.54, 1.807) is 0 Å². The van der Waals surface area contributed by atoms with E-state index in [1.807, 2.05) is 49.6 Å². The molecule has 3 rings (SSSR count). The lowest BCUT2D eigenvalue weighted by atomic mass is 10.3. The van der Waals surface area contributed by atoms with E-state index >= 15 is 0 Å². The SMILES string of the molecule is CN(C)c1nc(N2CCNCC2)c2nc(N(C)C)n(C)c2n1. The smallest absolute Gasteiger partial charge is 0.228 e. The first kappa shape index (κ1) is 14.8. The molecule has 1 fully saturated rings. The van der Waals surface area contributed by atoms with Crippen LogP contribution in [-0.2, 0) is 7.05 Å². The minimum Gasteiger partial charge on any atom is -0.352 e. The standard InChI is InChI=1S/C14H24N8/c1-19(2)13-17-11-10(16-14(20(3)4)21(11)5)12(18-13)22-8-6-15-7-9-22/h15H,6-9H2,1-5H3. The topological polar surface area (TPSA) is 65.4 Å². The van der Waals surface area contributed by atoms with Crippen LogP contribution in [0.5, 0.6) is 0 Å². The molecule has 0 aliphatic carbocycles. The Morgan fingerprint density at radius 1 is 0.955 bits per heavy atom. The number of hydrogen-bond acceptors (Lipinski definition) is 7. The number of nitrogens with one attached hydrogen (secondary N) is 1. The monoisotopic (exact) mass is 304 g/mol. The van der Waals surface area contributed by atoms with Gasteiger partial charge in [-0.25, -0.2) is 4.98 Å². The maximum absolute atomic E-state index is 4.77. The maximum atomic E-state index is 4.77. The van der Waals surface area contributed by atoms with Crippen molar-refractivity contribution in [1.82, 2.24) is 24.8 Å². The van der Waals surface area contributed by atoms with Crippen molar-refractivity contribution in [2.45, 2.75) is 0 Å². The van der Waals surface area contributed by atoms with E-state index < -0.39 is 0 Å². The number of nitrogens with zero attached hydrogens (tertiary/aromatic N) is 7. The highest BCUT2D eigenvalue weighted by Crippen LogP contribution is 2.28. The number of hydrogen-bond donors (Lipinski definition) is 1. The van der Waals surface area contributed by atoms with Crippen LogP contribution >= 0.6 is 0 Å². The van der Waals surface area contributed by atoms with Gasteiger partial charge in [-0.2, -0.15) is 9.97 Å². The quantitative estimate of drug-likeness (QED) is 0.850. The van der Waals surface area contributed by atoms with Gasteiger partial charge in [0.25, 0.3) is 0 Å². The van der Waals surface area contributed by atoms with Crippen LogP contribution in [0.1, 0.15) is 0 Å². The van der Waals surface area contributed by atoms with Crippen LogP contribution < -0.4 is 20.0 Å². The molecule has 120 valence electrons. The van der Waals surface area contributed by atoms with Gasteiger partial charge >= 0.3 is 0 Å². The van der Waals surface area contributed by atoms with E-state index in [0.717, 1.165) is 49.1 Å². The molecule has 2 aromatic rings. The summed E-state index contributed by atoms with van der Waals surface area (Å²) in [5.74, 6) is 2.53. The number of aryl methyl sites for hydroxylation is 1. The minimum absolute atomic E-state index is 0.717. The van der Waals surface area contributed by atoms with E-state index in [4.69, 9.17) is 9.97 Å². The van der Waals surface area contributed by atoms with Gasteiger partial charge in [-0.05, 0) is 0 Å². The van der Waals surface area contributed by atoms with Crippen LogP contribution in [0.2, 0.25) is 0 Å². The average Bonchev–Trinajstić information content (AvgIpc) is 2.85. The number of fused-ring (bicyclic) bond motifs is 1. The molecule has 1 aliphatic rings. The molecule has 8 heteroatoms. The zero-order chi connectivity index (χ0) is 15.9. The van der Waals surface area contributed by atoms with Gasteiger partial charge in [-0.1, -0.05) is 0 Å². The van der Waals surface area contributed by atoms with Crippen molar-refractivity contribution in [3.05, 3.63) is 0 Å². The third kappa shape index (κ3) is 2.43. The van der Waals surface area contributed by atoms with Crippen LogP contribution in [0.15, 0.2) is 0 Å². The normalized spacial score (nSPS) is 15.4. The fourth-order valence-electron chi connectivity index (χ4n) is 2.72. The van der Waals surface area contributed by atoms with Crippen LogP contribution in [0.3, 0.4) is 0 Å². The Morgan fingerprint density at radius 2 is 1.64 bits per heavy atom. The Labute approximate surface area is 130 Å². The third-order valence-electron chi connectivity index (χ3n) is 3.88. The molecule has 0 atom stereocenters. The van der Waals surface area contributed by atoms with E-state index in [2.05, 4.69) is 15.2 Å². The minimum atomic E-state index is 0.717. The Hall–Kier alpha value is -2.09. The molecule has 0 bridgehead atoms. The molecule has 0 amide bonds. The first-order valence-corrected chi connectivity index (χ1v) is 7.54. The molecule has 0 aromatic carbocycles. The second kappa shape index (κ2) is 5.60. The van der Waals surface area contributed by atoms with Crippen LogP contribution in [0.4, 0.5) is 17.7 Å². The molecule has 1 saturated heterocycles. The van der Waals surface area contributed by atoms with E-state index in [1.165, 1.54) is 0 Å². The van der Waals surface area contributed by atoms with Crippen molar-refractivity contribution in [3.8, 4) is 0 Å². The van der Waals surface area contributed by atoms with Crippen LogP contribution in [-0.4, -0.2) is 73.9 Å². The van der Waals surface area contributed by atoms with Gasteiger partial charge in [-0.15, -0.1) is 0 Å². The summed E-state index contributed by atoms with van der Waals surface area (Å²) in [5.41, 5.74) is 1.75. The molecule has 1 N–H and O–H groups in total. The van der Waals surface area contributed by atoms with E-state index in [-0.39, 0.29) is 0 Å². The molecular weight excluding hydrogens is 280 g/mol. The molecule has 0 unspecified atom stereocenters. The van der Waals surface area contributed by atoms with Crippen molar-refractivity contribution < 1.29 is 0 Å². The summed E-state index contributed by atoms with van der Waals surface area (Å²) >= 11 is 0. The van der Waals surface area contributed by atoms with Crippen molar-refractivity contribution in [3.63, 3.8) is 0 Å². The first-order chi connectivity index (χ1) is 10.5. The molecule has 0 spiro atoms. The first-order valence-electron chi connectivity index (χ1n) is 7.54. The molecule has 1 aliphatic heterocycles. The zero-order valence-electron chi connectivity index (χ0n) is 14.0. The molecule has 0 saturated carbocycles. The van der Waals surface area contributed by atoms with Gasteiger partial charge in [0, 0.05) is 61.4 Å². The summed E-state index contributed by atoms with van der Waals surface area (Å²) in [7, 11) is 9.91. The highest BCUT2D eigenvalue weighted by atomic mass is 15.3. The van der Waals surface area contributed by atoms with Gasteiger partial charge in [0.05, 0.1) is 0 Å². The molecule has 8 nitrogen and oxygen atoms in total. The second-order valence-corrected chi connectivity index (χ2v) is 6.02. The lowest BCUT2D eigenvalue weighted by molar-refractivity contribution is 0.585. The number of anilines is 3. The Balaban J connectivity index is 2.21. The number of piperazine rings is 1. The number of aromatic nitrogens is 4. The van der Waals surface area contributed by atoms with Gasteiger partial charge < -0.3 is 20.0 Å². The average molecular weight is 304 g/mol. The van der Waals surface area contributed by atoms with Crippen molar-refractivity contribution in [2.24, 2.45) is 7.05 Å². The number of imidazole rings is 1. The Kier molecular flexibility index (Phi) is 3.78. The molecule has 2 aromatic heterocycles. The summed E-state index contributed by atoms with van der Waals surface area (Å²) in [4.78, 5) is 20.4.